The first kappa shape index (κ1) is 21.2. The highest BCUT2D eigenvalue weighted by Gasteiger charge is 2.31. The van der Waals surface area contributed by atoms with Crippen LogP contribution in [0.4, 0.5) is 5.69 Å². The highest BCUT2D eigenvalue weighted by Crippen LogP contribution is 2.38. The summed E-state index contributed by atoms with van der Waals surface area (Å²) in [6, 6.07) is 10.8. The molecule has 1 N–H and O–H groups in total. The monoisotopic (exact) mass is 426 g/mol. The van der Waals surface area contributed by atoms with Crippen molar-refractivity contribution >= 4 is 23.3 Å². The number of anilines is 1. The Morgan fingerprint density at radius 2 is 1.70 bits per heavy atom. The molecular formula is C25H31ClN2O2. The van der Waals surface area contributed by atoms with Crippen LogP contribution >= 0.6 is 11.6 Å². The van der Waals surface area contributed by atoms with E-state index in [-0.39, 0.29) is 5.92 Å². The summed E-state index contributed by atoms with van der Waals surface area (Å²) in [4.78, 5) is 16.0. The van der Waals surface area contributed by atoms with E-state index in [9.17, 15) is 9.90 Å². The lowest BCUT2D eigenvalue weighted by Crippen LogP contribution is -2.45. The van der Waals surface area contributed by atoms with Crippen LogP contribution in [0.5, 0.6) is 0 Å². The summed E-state index contributed by atoms with van der Waals surface area (Å²) in [7, 11) is 0. The third-order valence-corrected chi connectivity index (χ3v) is 7.20. The fourth-order valence-electron chi connectivity index (χ4n) is 4.97. The molecule has 0 aromatic heterocycles. The highest BCUT2D eigenvalue weighted by atomic mass is 35.5. The SMILES string of the molecule is Cc1cc(C2CN(c3c(C)cccc3Cl)C2)cc(C)c1CN1CCC(C(=O)O)CC1. The van der Waals surface area contributed by atoms with Crippen LogP contribution in [0.25, 0.3) is 0 Å². The van der Waals surface area contributed by atoms with E-state index in [0.717, 1.165) is 50.6 Å². The Hall–Kier alpha value is -2.04. The Bertz CT molecular complexity index is 901. The summed E-state index contributed by atoms with van der Waals surface area (Å²) < 4.78 is 0. The van der Waals surface area contributed by atoms with Gasteiger partial charge in [-0.05, 0) is 80.6 Å². The first-order valence-electron chi connectivity index (χ1n) is 10.9. The quantitative estimate of drug-likeness (QED) is 0.716. The van der Waals surface area contributed by atoms with Crippen molar-refractivity contribution < 1.29 is 9.90 Å². The standard InChI is InChI=1S/C25H31ClN2O2/c1-16-5-4-6-23(26)24(16)28-13-21(14-28)20-11-17(2)22(18(3)12-20)15-27-9-7-19(8-10-27)25(29)30/h4-6,11-12,19,21H,7-10,13-15H2,1-3H3,(H,29,30). The van der Waals surface area contributed by atoms with Crippen LogP contribution in [0.1, 0.15) is 46.6 Å². The number of rotatable bonds is 5. The molecule has 0 atom stereocenters. The molecule has 4 nitrogen and oxygen atoms in total. The first-order chi connectivity index (χ1) is 14.3. The van der Waals surface area contributed by atoms with Crippen LogP contribution < -0.4 is 4.90 Å². The molecule has 0 aliphatic carbocycles. The molecule has 0 amide bonds. The second-order valence-electron chi connectivity index (χ2n) is 9.03. The van der Waals surface area contributed by atoms with E-state index in [0.29, 0.717) is 5.92 Å². The number of hydrogen-bond donors (Lipinski definition) is 1. The van der Waals surface area contributed by atoms with Crippen molar-refractivity contribution in [3.8, 4) is 0 Å². The largest absolute Gasteiger partial charge is 0.481 e. The van der Waals surface area contributed by atoms with Gasteiger partial charge in [0, 0.05) is 25.6 Å². The number of nitrogens with zero attached hydrogens (tertiary/aromatic N) is 2. The Labute approximate surface area is 184 Å². The summed E-state index contributed by atoms with van der Waals surface area (Å²) in [6.07, 6.45) is 1.51. The predicted octanol–water partition coefficient (Wildman–Crippen LogP) is 5.17. The summed E-state index contributed by atoms with van der Waals surface area (Å²) in [5.41, 5.74) is 7.90. The number of benzene rings is 2. The van der Waals surface area contributed by atoms with Crippen molar-refractivity contribution in [2.45, 2.75) is 46.1 Å². The average molecular weight is 427 g/mol. The summed E-state index contributed by atoms with van der Waals surface area (Å²) in [5.74, 6) is -0.277. The molecule has 0 saturated carbocycles. The van der Waals surface area contributed by atoms with Crippen molar-refractivity contribution in [3.63, 3.8) is 0 Å². The Balaban J connectivity index is 1.41. The molecule has 0 bridgehead atoms. The Kier molecular flexibility index (Phi) is 6.08. The summed E-state index contributed by atoms with van der Waals surface area (Å²) in [5, 5.41) is 10.0. The van der Waals surface area contributed by atoms with Gasteiger partial charge in [0.25, 0.3) is 0 Å². The van der Waals surface area contributed by atoms with E-state index >= 15 is 0 Å². The lowest BCUT2D eigenvalue weighted by Gasteiger charge is -2.43. The molecule has 0 spiro atoms. The average Bonchev–Trinajstić information content (AvgIpc) is 2.66. The minimum absolute atomic E-state index is 0.172. The van der Waals surface area contributed by atoms with E-state index in [2.05, 4.69) is 48.8 Å². The highest BCUT2D eigenvalue weighted by molar-refractivity contribution is 6.33. The second kappa shape index (κ2) is 8.60. The molecule has 0 unspecified atom stereocenters. The summed E-state index contributed by atoms with van der Waals surface area (Å²) >= 11 is 6.44. The molecular weight excluding hydrogens is 396 g/mol. The van der Waals surface area contributed by atoms with Gasteiger partial charge in [-0.3, -0.25) is 9.69 Å². The van der Waals surface area contributed by atoms with Crippen LogP contribution in [0.2, 0.25) is 5.02 Å². The maximum atomic E-state index is 11.2. The first-order valence-corrected chi connectivity index (χ1v) is 11.3. The van der Waals surface area contributed by atoms with Crippen molar-refractivity contribution in [2.24, 2.45) is 5.92 Å². The lowest BCUT2D eigenvalue weighted by atomic mass is 9.86. The second-order valence-corrected chi connectivity index (χ2v) is 9.44. The fraction of sp³-hybridized carbons (Fsp3) is 0.480. The fourth-order valence-corrected chi connectivity index (χ4v) is 5.31. The van der Waals surface area contributed by atoms with E-state index in [1.165, 1.54) is 33.5 Å². The van der Waals surface area contributed by atoms with Gasteiger partial charge in [0.05, 0.1) is 16.6 Å². The maximum absolute atomic E-state index is 11.2. The number of carboxylic acid groups (broad SMARTS) is 1. The molecule has 5 heteroatoms. The van der Waals surface area contributed by atoms with Gasteiger partial charge in [-0.25, -0.2) is 0 Å². The number of aliphatic carboxylic acids is 1. The molecule has 2 fully saturated rings. The Morgan fingerprint density at radius 1 is 1.07 bits per heavy atom. The van der Waals surface area contributed by atoms with E-state index in [1.807, 2.05) is 12.1 Å². The predicted molar refractivity (Wildman–Crippen MR) is 123 cm³/mol. The van der Waals surface area contributed by atoms with Gasteiger partial charge in [0.1, 0.15) is 0 Å². The zero-order chi connectivity index (χ0) is 21.4. The number of halogens is 1. The van der Waals surface area contributed by atoms with Crippen molar-refractivity contribution in [1.29, 1.82) is 0 Å². The van der Waals surface area contributed by atoms with Gasteiger partial charge in [-0.2, -0.15) is 0 Å². The van der Waals surface area contributed by atoms with Crippen LogP contribution in [-0.2, 0) is 11.3 Å². The number of carboxylic acids is 1. The van der Waals surface area contributed by atoms with Gasteiger partial charge in [0.15, 0.2) is 0 Å². The Morgan fingerprint density at radius 3 is 2.27 bits per heavy atom. The van der Waals surface area contributed by atoms with Gasteiger partial charge in [-0.15, -0.1) is 0 Å². The van der Waals surface area contributed by atoms with E-state index < -0.39 is 5.97 Å². The molecule has 2 aromatic rings. The summed E-state index contributed by atoms with van der Waals surface area (Å²) in [6.45, 7) is 11.2. The molecule has 2 aromatic carbocycles. The van der Waals surface area contributed by atoms with Gasteiger partial charge in [0.2, 0.25) is 0 Å². The number of aryl methyl sites for hydroxylation is 3. The number of hydrogen-bond acceptors (Lipinski definition) is 3. The zero-order valence-corrected chi connectivity index (χ0v) is 18.9. The van der Waals surface area contributed by atoms with Crippen LogP contribution in [0.3, 0.4) is 0 Å². The minimum Gasteiger partial charge on any atom is -0.481 e. The zero-order valence-electron chi connectivity index (χ0n) is 18.1. The number of para-hydroxylation sites is 1. The molecule has 2 saturated heterocycles. The molecule has 0 radical (unpaired) electrons. The minimum atomic E-state index is -0.645. The van der Waals surface area contributed by atoms with Gasteiger partial charge >= 0.3 is 5.97 Å². The lowest BCUT2D eigenvalue weighted by molar-refractivity contribution is -0.143. The molecule has 30 heavy (non-hydrogen) atoms. The van der Waals surface area contributed by atoms with Crippen molar-refractivity contribution in [3.05, 3.63) is 63.2 Å². The number of piperidine rings is 1. The molecule has 2 heterocycles. The molecule has 4 rings (SSSR count). The van der Waals surface area contributed by atoms with E-state index in [1.54, 1.807) is 0 Å². The molecule has 2 aliphatic rings. The smallest absolute Gasteiger partial charge is 0.306 e. The third-order valence-electron chi connectivity index (χ3n) is 6.89. The normalized spacial score (nSPS) is 18.5. The van der Waals surface area contributed by atoms with Crippen LogP contribution in [0, 0.1) is 26.7 Å². The van der Waals surface area contributed by atoms with E-state index in [4.69, 9.17) is 11.6 Å². The van der Waals surface area contributed by atoms with Crippen molar-refractivity contribution in [2.75, 3.05) is 31.1 Å². The molecule has 2 aliphatic heterocycles. The molecule has 160 valence electrons. The third kappa shape index (κ3) is 4.21. The van der Waals surface area contributed by atoms with Gasteiger partial charge in [-0.1, -0.05) is 35.9 Å². The van der Waals surface area contributed by atoms with Gasteiger partial charge < -0.3 is 10.0 Å². The van der Waals surface area contributed by atoms with Crippen molar-refractivity contribution in [1.82, 2.24) is 4.90 Å². The van der Waals surface area contributed by atoms with Crippen LogP contribution in [0.15, 0.2) is 30.3 Å². The van der Waals surface area contributed by atoms with Crippen LogP contribution in [-0.4, -0.2) is 42.2 Å². The number of likely N-dealkylation sites (tertiary alicyclic amines) is 1. The number of carbonyl (C=O) groups is 1. The maximum Gasteiger partial charge on any atom is 0.306 e. The topological polar surface area (TPSA) is 43.8 Å².